The van der Waals surface area contributed by atoms with Gasteiger partial charge in [0, 0.05) is 27.9 Å². The molecule has 34 heavy (non-hydrogen) atoms. The third kappa shape index (κ3) is 3.88. The predicted octanol–water partition coefficient (Wildman–Crippen LogP) is 6.88. The van der Waals surface area contributed by atoms with Crippen LogP contribution in [-0.4, -0.2) is 14.9 Å². The number of hydrogen-bond acceptors (Lipinski definition) is 4. The van der Waals surface area contributed by atoms with E-state index in [1.807, 2.05) is 30.3 Å². The van der Waals surface area contributed by atoms with Crippen LogP contribution in [0, 0.1) is 4.77 Å². The second-order valence-corrected chi connectivity index (χ2v) is 9.27. The van der Waals surface area contributed by atoms with Crippen molar-refractivity contribution in [2.75, 3.05) is 0 Å². The Labute approximate surface area is 210 Å². The van der Waals surface area contributed by atoms with Gasteiger partial charge in [-0.25, -0.2) is 0 Å². The summed E-state index contributed by atoms with van der Waals surface area (Å²) in [5, 5.41) is 0.970. The molecule has 3 aromatic carbocycles. The van der Waals surface area contributed by atoms with Crippen molar-refractivity contribution in [3.63, 3.8) is 0 Å². The van der Waals surface area contributed by atoms with E-state index in [0.717, 1.165) is 5.56 Å². The van der Waals surface area contributed by atoms with Gasteiger partial charge >= 0.3 is 0 Å². The average Bonchev–Trinajstić information content (AvgIpc) is 2.79. The molecule has 1 aliphatic rings. The smallest absolute Gasteiger partial charge is 0.266 e. The highest BCUT2D eigenvalue weighted by molar-refractivity contribution is 7.71. The average molecular weight is 509 g/mol. The number of carbonyl (C=O) groups excluding carboxylic acids is 1. The summed E-state index contributed by atoms with van der Waals surface area (Å²) >= 11 is 18.4. The van der Waals surface area contributed by atoms with Crippen LogP contribution in [0.15, 0.2) is 77.6 Å². The van der Waals surface area contributed by atoms with Crippen molar-refractivity contribution in [3.8, 4) is 23.0 Å². The van der Waals surface area contributed by atoms with Crippen molar-refractivity contribution in [1.29, 1.82) is 0 Å². The van der Waals surface area contributed by atoms with Crippen molar-refractivity contribution in [3.05, 3.63) is 109 Å². The van der Waals surface area contributed by atoms with Gasteiger partial charge in [-0.05, 0) is 61.6 Å². The molecule has 1 aromatic heterocycles. The fraction of sp³-hybridized carbons (Fsp3) is 0.115. The third-order valence-corrected chi connectivity index (χ3v) is 6.56. The van der Waals surface area contributed by atoms with Crippen molar-refractivity contribution >= 4 is 41.2 Å². The van der Waals surface area contributed by atoms with E-state index in [-0.39, 0.29) is 28.4 Å². The fourth-order valence-corrected chi connectivity index (χ4v) is 5.06. The Kier molecular flexibility index (Phi) is 5.90. The van der Waals surface area contributed by atoms with E-state index in [2.05, 4.69) is 0 Å². The van der Waals surface area contributed by atoms with Gasteiger partial charge in [-0.3, -0.25) is 18.7 Å². The molecule has 2 heterocycles. The van der Waals surface area contributed by atoms with Gasteiger partial charge in [0.15, 0.2) is 4.77 Å². The summed E-state index contributed by atoms with van der Waals surface area (Å²) in [6, 6.07) is 21.4. The zero-order valence-electron chi connectivity index (χ0n) is 18.0. The first-order chi connectivity index (χ1) is 16.3. The molecule has 0 bridgehead atoms. The molecular weight excluding hydrogens is 491 g/mol. The molecular formula is C26H18Cl2N2O3S. The Balaban J connectivity index is 1.93. The van der Waals surface area contributed by atoms with E-state index in [1.54, 1.807) is 47.0 Å². The molecule has 4 aromatic rings. The van der Waals surface area contributed by atoms with Crippen LogP contribution in [0.3, 0.4) is 0 Å². The Morgan fingerprint density at radius 3 is 2.18 bits per heavy atom. The zero-order chi connectivity index (χ0) is 24.0. The molecule has 0 fully saturated rings. The maximum Gasteiger partial charge on any atom is 0.266 e. The first-order valence-electron chi connectivity index (χ1n) is 10.5. The molecule has 0 saturated carbocycles. The maximum absolute atomic E-state index is 14.0. The van der Waals surface area contributed by atoms with Crippen LogP contribution < -0.4 is 10.3 Å². The van der Waals surface area contributed by atoms with Crippen molar-refractivity contribution in [2.24, 2.45) is 0 Å². The van der Waals surface area contributed by atoms with E-state index in [4.69, 9.17) is 40.2 Å². The standard InChI is InChI=1S/C26H18Cl2N2O3S/c1-15(31)12-21-20-10-2-3-11-22(20)33-25-23(21)24(32)29(18-8-4-6-16(27)13-18)26(34)30(25)19-9-5-7-17(28)14-19/h2-11,13-14,21H,12H2,1H3. The topological polar surface area (TPSA) is 53.2 Å². The first kappa shape index (κ1) is 22.6. The number of ether oxygens (including phenoxy) is 1. The summed E-state index contributed by atoms with van der Waals surface area (Å²) in [5.74, 6) is 0.307. The molecule has 170 valence electrons. The number of benzene rings is 3. The van der Waals surface area contributed by atoms with Gasteiger partial charge in [0.2, 0.25) is 5.88 Å². The van der Waals surface area contributed by atoms with Crippen LogP contribution in [0.4, 0.5) is 0 Å². The fourth-order valence-electron chi connectivity index (χ4n) is 4.31. The van der Waals surface area contributed by atoms with Crippen molar-refractivity contribution in [1.82, 2.24) is 9.13 Å². The Morgan fingerprint density at radius 2 is 1.56 bits per heavy atom. The van der Waals surface area contributed by atoms with Crippen LogP contribution in [0.25, 0.3) is 11.4 Å². The highest BCUT2D eigenvalue weighted by Crippen LogP contribution is 2.45. The summed E-state index contributed by atoms with van der Waals surface area (Å²) in [6.45, 7) is 1.51. The number of rotatable bonds is 4. The number of Topliss-reactive ketones (excluding diaryl/α,β-unsaturated/α-hetero) is 1. The molecule has 1 unspecified atom stereocenters. The molecule has 0 amide bonds. The summed E-state index contributed by atoms with van der Waals surface area (Å²) in [7, 11) is 0. The lowest BCUT2D eigenvalue weighted by Gasteiger charge is -2.30. The minimum atomic E-state index is -0.503. The van der Waals surface area contributed by atoms with Gasteiger partial charge in [-0.2, -0.15) is 0 Å². The SMILES string of the molecule is CC(=O)CC1c2ccccc2Oc2c1c(=O)n(-c1cccc(Cl)c1)c(=S)n2-c1cccc(Cl)c1. The third-order valence-electron chi connectivity index (χ3n) is 5.72. The van der Waals surface area contributed by atoms with Gasteiger partial charge in [0.05, 0.1) is 16.9 Å². The summed E-state index contributed by atoms with van der Waals surface area (Å²) < 4.78 is 9.59. The number of ketones is 1. The minimum absolute atomic E-state index is 0.0434. The number of hydrogen-bond donors (Lipinski definition) is 0. The second kappa shape index (κ2) is 8.87. The molecule has 0 radical (unpaired) electrons. The molecule has 5 rings (SSSR count). The molecule has 0 saturated heterocycles. The number of para-hydroxylation sites is 1. The van der Waals surface area contributed by atoms with Gasteiger partial charge in [-0.1, -0.05) is 53.5 Å². The number of halogens is 2. The lowest BCUT2D eigenvalue weighted by molar-refractivity contribution is -0.117. The monoisotopic (exact) mass is 508 g/mol. The highest BCUT2D eigenvalue weighted by atomic mass is 35.5. The lowest BCUT2D eigenvalue weighted by Crippen LogP contribution is -2.32. The lowest BCUT2D eigenvalue weighted by atomic mass is 9.86. The van der Waals surface area contributed by atoms with Gasteiger partial charge in [0.1, 0.15) is 11.5 Å². The van der Waals surface area contributed by atoms with Crippen molar-refractivity contribution in [2.45, 2.75) is 19.3 Å². The number of carbonyl (C=O) groups is 1. The van der Waals surface area contributed by atoms with E-state index in [1.165, 1.54) is 11.5 Å². The maximum atomic E-state index is 14.0. The van der Waals surface area contributed by atoms with Crippen LogP contribution in [0.1, 0.15) is 30.4 Å². The summed E-state index contributed by atoms with van der Waals surface area (Å²) in [5.41, 5.74) is 1.91. The summed E-state index contributed by atoms with van der Waals surface area (Å²) in [4.78, 5) is 26.3. The zero-order valence-corrected chi connectivity index (χ0v) is 20.3. The van der Waals surface area contributed by atoms with Crippen molar-refractivity contribution < 1.29 is 9.53 Å². The van der Waals surface area contributed by atoms with E-state index in [9.17, 15) is 9.59 Å². The second-order valence-electron chi connectivity index (χ2n) is 8.04. The Morgan fingerprint density at radius 1 is 0.941 bits per heavy atom. The Hall–Kier alpha value is -3.19. The predicted molar refractivity (Wildman–Crippen MR) is 136 cm³/mol. The van der Waals surface area contributed by atoms with E-state index in [0.29, 0.717) is 32.7 Å². The van der Waals surface area contributed by atoms with Crippen LogP contribution >= 0.6 is 35.4 Å². The van der Waals surface area contributed by atoms with Crippen LogP contribution in [-0.2, 0) is 4.79 Å². The van der Waals surface area contributed by atoms with Gasteiger partial charge < -0.3 is 4.74 Å². The van der Waals surface area contributed by atoms with Crippen LogP contribution in [0.2, 0.25) is 10.0 Å². The van der Waals surface area contributed by atoms with E-state index >= 15 is 0 Å². The summed E-state index contributed by atoms with van der Waals surface area (Å²) in [6.07, 6.45) is 0.143. The molecule has 8 heteroatoms. The quantitative estimate of drug-likeness (QED) is 0.282. The molecule has 1 atom stereocenters. The van der Waals surface area contributed by atoms with Gasteiger partial charge in [0.25, 0.3) is 5.56 Å². The largest absolute Gasteiger partial charge is 0.440 e. The molecule has 0 aliphatic carbocycles. The first-order valence-corrected chi connectivity index (χ1v) is 11.7. The molecule has 0 N–H and O–H groups in total. The molecule has 5 nitrogen and oxygen atoms in total. The minimum Gasteiger partial charge on any atom is -0.440 e. The number of fused-ring (bicyclic) bond motifs is 2. The normalized spacial score (nSPS) is 14.1. The highest BCUT2D eigenvalue weighted by Gasteiger charge is 2.35. The van der Waals surface area contributed by atoms with Gasteiger partial charge in [-0.15, -0.1) is 0 Å². The Bertz CT molecular complexity index is 1580. The van der Waals surface area contributed by atoms with E-state index < -0.39 is 5.92 Å². The number of aromatic nitrogens is 2. The van der Waals surface area contributed by atoms with Crippen LogP contribution in [0.5, 0.6) is 11.6 Å². The molecule has 1 aliphatic heterocycles. The number of nitrogens with zero attached hydrogens (tertiary/aromatic N) is 2. The molecule has 0 spiro atoms.